The van der Waals surface area contributed by atoms with Gasteiger partial charge in [-0.1, -0.05) is 0 Å². The zero-order valence-corrected chi connectivity index (χ0v) is 4.63. The number of aliphatic imine (C=N–C) groups is 2. The predicted molar refractivity (Wildman–Crippen MR) is 33.9 cm³/mol. The minimum atomic E-state index is 0.770. The molecule has 1 heterocycles. The lowest BCUT2D eigenvalue weighted by atomic mass is 10.7. The molecule has 42 valence electrons. The third-order valence-corrected chi connectivity index (χ3v) is 0.758. The van der Waals surface area contributed by atoms with Crippen LogP contribution in [0, 0.1) is 0 Å². The highest BCUT2D eigenvalue weighted by Gasteiger charge is 1.81. The van der Waals surface area contributed by atoms with Crippen LogP contribution in [0.1, 0.15) is 6.92 Å². The van der Waals surface area contributed by atoms with E-state index < -0.39 is 0 Å². The molecule has 0 aromatic heterocycles. The van der Waals surface area contributed by atoms with E-state index in [-0.39, 0.29) is 0 Å². The molecule has 0 aromatic rings. The summed E-state index contributed by atoms with van der Waals surface area (Å²) in [5.74, 6) is 0.770. The van der Waals surface area contributed by atoms with Crippen LogP contribution in [0.2, 0.25) is 0 Å². The highest BCUT2D eigenvalue weighted by molar-refractivity contribution is 5.88. The molecule has 0 atom stereocenters. The summed E-state index contributed by atoms with van der Waals surface area (Å²) >= 11 is 0. The number of nitrogens with one attached hydrogen (secondary N) is 1. The second-order valence-electron chi connectivity index (χ2n) is 1.42. The summed E-state index contributed by atoms with van der Waals surface area (Å²) in [6.45, 7) is 1.84. The third kappa shape index (κ3) is 1.18. The molecule has 1 aliphatic rings. The molecular formula is C5H7N3. The number of hydrogen-bond acceptors (Lipinski definition) is 3. The van der Waals surface area contributed by atoms with Gasteiger partial charge in [0.1, 0.15) is 5.84 Å². The molecule has 0 saturated heterocycles. The second kappa shape index (κ2) is 2.26. The van der Waals surface area contributed by atoms with Gasteiger partial charge in [0, 0.05) is 12.4 Å². The van der Waals surface area contributed by atoms with Gasteiger partial charge in [-0.05, 0) is 6.92 Å². The Morgan fingerprint density at radius 3 is 3.38 bits per heavy atom. The quantitative estimate of drug-likeness (QED) is 0.483. The minimum Gasteiger partial charge on any atom is -0.351 e. The average molecular weight is 109 g/mol. The summed E-state index contributed by atoms with van der Waals surface area (Å²) in [5, 5.41) is 2.79. The largest absolute Gasteiger partial charge is 0.351 e. The average Bonchev–Trinajstić information content (AvgIpc) is 1.94. The molecule has 3 nitrogen and oxygen atoms in total. The van der Waals surface area contributed by atoms with Crippen molar-refractivity contribution in [3.05, 3.63) is 12.4 Å². The van der Waals surface area contributed by atoms with E-state index in [1.54, 1.807) is 18.7 Å². The molecule has 1 rings (SSSR count). The summed E-state index contributed by atoms with van der Waals surface area (Å²) in [4.78, 5) is 7.77. The minimum absolute atomic E-state index is 0.770. The van der Waals surface area contributed by atoms with E-state index in [1.807, 2.05) is 6.92 Å². The van der Waals surface area contributed by atoms with Crippen molar-refractivity contribution in [3.8, 4) is 0 Å². The fourth-order valence-electron chi connectivity index (χ4n) is 0.395. The standard InChI is InChI=1S/C5H7N3/c1-5-7-3-2-6-4-8-5/h2-4H,1H3,(H,6,7,8). The monoisotopic (exact) mass is 109 g/mol. The van der Waals surface area contributed by atoms with Crippen LogP contribution in [-0.4, -0.2) is 12.2 Å². The number of amidine groups is 1. The third-order valence-electron chi connectivity index (χ3n) is 0.758. The molecule has 1 aliphatic heterocycles. The predicted octanol–water partition coefficient (Wildman–Crippen LogP) is 0.508. The Kier molecular flexibility index (Phi) is 1.42. The first kappa shape index (κ1) is 5.03. The van der Waals surface area contributed by atoms with Crippen LogP contribution >= 0.6 is 0 Å². The maximum Gasteiger partial charge on any atom is 0.126 e. The molecule has 8 heavy (non-hydrogen) atoms. The Morgan fingerprint density at radius 1 is 1.62 bits per heavy atom. The Balaban J connectivity index is 2.73. The van der Waals surface area contributed by atoms with Gasteiger partial charge in [0.05, 0.1) is 6.34 Å². The van der Waals surface area contributed by atoms with E-state index in [2.05, 4.69) is 15.3 Å². The summed E-state index contributed by atoms with van der Waals surface area (Å²) in [5.41, 5.74) is 0. The normalized spacial score (nSPS) is 16.9. The van der Waals surface area contributed by atoms with Gasteiger partial charge in [-0.25, -0.2) is 9.98 Å². The van der Waals surface area contributed by atoms with Crippen LogP contribution in [0.15, 0.2) is 22.4 Å². The first-order chi connectivity index (χ1) is 3.89. The summed E-state index contributed by atoms with van der Waals surface area (Å²) in [6.07, 6.45) is 4.99. The molecule has 0 amide bonds. The topological polar surface area (TPSA) is 36.8 Å². The van der Waals surface area contributed by atoms with Crippen molar-refractivity contribution in [2.24, 2.45) is 9.98 Å². The van der Waals surface area contributed by atoms with Gasteiger partial charge >= 0.3 is 0 Å². The first-order valence-electron chi connectivity index (χ1n) is 2.37. The lowest BCUT2D eigenvalue weighted by Gasteiger charge is -1.80. The van der Waals surface area contributed by atoms with Crippen LogP contribution in [0.5, 0.6) is 0 Å². The molecule has 1 N–H and O–H groups in total. The Hall–Kier alpha value is -1.12. The molecule has 0 radical (unpaired) electrons. The fourth-order valence-corrected chi connectivity index (χ4v) is 0.395. The van der Waals surface area contributed by atoms with Crippen molar-refractivity contribution in [2.45, 2.75) is 6.92 Å². The van der Waals surface area contributed by atoms with E-state index in [0.29, 0.717) is 0 Å². The second-order valence-corrected chi connectivity index (χ2v) is 1.42. The van der Waals surface area contributed by atoms with Crippen LogP contribution < -0.4 is 5.32 Å². The molecule has 0 fully saturated rings. The van der Waals surface area contributed by atoms with E-state index in [4.69, 9.17) is 0 Å². The molecule has 0 unspecified atom stereocenters. The molecule has 3 heteroatoms. The van der Waals surface area contributed by atoms with Crippen molar-refractivity contribution in [2.75, 3.05) is 0 Å². The maximum atomic E-state index is 3.90. The molecule has 0 aliphatic carbocycles. The highest BCUT2D eigenvalue weighted by atomic mass is 15.0. The van der Waals surface area contributed by atoms with Crippen LogP contribution in [-0.2, 0) is 0 Å². The van der Waals surface area contributed by atoms with Crippen molar-refractivity contribution < 1.29 is 0 Å². The van der Waals surface area contributed by atoms with Gasteiger partial charge < -0.3 is 5.32 Å². The van der Waals surface area contributed by atoms with E-state index in [1.165, 1.54) is 0 Å². The van der Waals surface area contributed by atoms with Gasteiger partial charge in [-0.3, -0.25) is 0 Å². The maximum absolute atomic E-state index is 3.90. The zero-order chi connectivity index (χ0) is 5.82. The fraction of sp³-hybridized carbons (Fsp3) is 0.200. The van der Waals surface area contributed by atoms with Crippen LogP contribution in [0.25, 0.3) is 0 Å². The number of hydrogen-bond donors (Lipinski definition) is 1. The van der Waals surface area contributed by atoms with Crippen LogP contribution in [0.3, 0.4) is 0 Å². The zero-order valence-electron chi connectivity index (χ0n) is 4.63. The Morgan fingerprint density at radius 2 is 2.50 bits per heavy atom. The van der Waals surface area contributed by atoms with Gasteiger partial charge in [-0.2, -0.15) is 0 Å². The van der Waals surface area contributed by atoms with Crippen molar-refractivity contribution >= 4 is 12.2 Å². The SMILES string of the molecule is CC1=NC=CNC=N1. The van der Waals surface area contributed by atoms with Gasteiger partial charge in [0.15, 0.2) is 0 Å². The Labute approximate surface area is 47.8 Å². The Bertz CT molecular complexity index is 155. The number of rotatable bonds is 0. The van der Waals surface area contributed by atoms with Crippen molar-refractivity contribution in [3.63, 3.8) is 0 Å². The first-order valence-corrected chi connectivity index (χ1v) is 2.37. The van der Waals surface area contributed by atoms with E-state index >= 15 is 0 Å². The summed E-state index contributed by atoms with van der Waals surface area (Å²) in [6, 6.07) is 0. The number of nitrogens with zero attached hydrogens (tertiary/aromatic N) is 2. The van der Waals surface area contributed by atoms with E-state index in [0.717, 1.165) is 5.84 Å². The van der Waals surface area contributed by atoms with Gasteiger partial charge in [0.25, 0.3) is 0 Å². The molecule has 0 bridgehead atoms. The summed E-state index contributed by atoms with van der Waals surface area (Å²) < 4.78 is 0. The summed E-state index contributed by atoms with van der Waals surface area (Å²) in [7, 11) is 0. The lowest BCUT2D eigenvalue weighted by Crippen LogP contribution is -1.98. The van der Waals surface area contributed by atoms with Crippen LogP contribution in [0.4, 0.5) is 0 Å². The molecule has 0 saturated carbocycles. The van der Waals surface area contributed by atoms with Gasteiger partial charge in [0.2, 0.25) is 0 Å². The van der Waals surface area contributed by atoms with Crippen molar-refractivity contribution in [1.82, 2.24) is 5.32 Å². The molecule has 0 aromatic carbocycles. The van der Waals surface area contributed by atoms with Crippen molar-refractivity contribution in [1.29, 1.82) is 0 Å². The molecule has 0 spiro atoms. The highest BCUT2D eigenvalue weighted by Crippen LogP contribution is 1.82. The lowest BCUT2D eigenvalue weighted by molar-refractivity contribution is 1.31. The molecular weight excluding hydrogens is 102 g/mol. The van der Waals surface area contributed by atoms with E-state index in [9.17, 15) is 0 Å². The smallest absolute Gasteiger partial charge is 0.126 e. The van der Waals surface area contributed by atoms with Gasteiger partial charge in [-0.15, -0.1) is 0 Å².